The van der Waals surface area contributed by atoms with E-state index in [2.05, 4.69) is 16.2 Å². The molecular formula is C25H30FN3O6. The van der Waals surface area contributed by atoms with Crippen LogP contribution in [0.1, 0.15) is 46.4 Å². The first kappa shape index (κ1) is 25.8. The number of hydrogen-bond acceptors (Lipinski definition) is 6. The van der Waals surface area contributed by atoms with Crippen LogP contribution in [0.15, 0.2) is 36.4 Å². The van der Waals surface area contributed by atoms with Crippen molar-refractivity contribution < 1.29 is 33.0 Å². The summed E-state index contributed by atoms with van der Waals surface area (Å²) in [7, 11) is 4.36. The molecule has 0 radical (unpaired) electrons. The van der Waals surface area contributed by atoms with Crippen LogP contribution in [0.4, 0.5) is 4.39 Å². The molecule has 1 aliphatic carbocycles. The molecule has 10 heteroatoms. The molecule has 2 aromatic rings. The summed E-state index contributed by atoms with van der Waals surface area (Å²) < 4.78 is 29.5. The van der Waals surface area contributed by atoms with Crippen molar-refractivity contribution in [1.82, 2.24) is 16.2 Å². The Morgan fingerprint density at radius 2 is 1.51 bits per heavy atom. The van der Waals surface area contributed by atoms with Gasteiger partial charge in [0.25, 0.3) is 11.8 Å². The van der Waals surface area contributed by atoms with E-state index in [1.165, 1.54) is 51.7 Å². The molecule has 1 fully saturated rings. The summed E-state index contributed by atoms with van der Waals surface area (Å²) in [5.74, 6) is -0.861. The Morgan fingerprint density at radius 1 is 0.886 bits per heavy atom. The van der Waals surface area contributed by atoms with Crippen molar-refractivity contribution in [3.05, 3.63) is 53.3 Å². The lowest BCUT2D eigenvalue weighted by Crippen LogP contribution is -2.45. The average molecular weight is 488 g/mol. The van der Waals surface area contributed by atoms with Gasteiger partial charge in [-0.05, 0) is 55.9 Å². The lowest BCUT2D eigenvalue weighted by molar-refractivity contribution is -0.127. The third kappa shape index (κ3) is 6.40. The minimum Gasteiger partial charge on any atom is -0.493 e. The van der Waals surface area contributed by atoms with Gasteiger partial charge < -0.3 is 19.5 Å². The molecule has 9 nitrogen and oxygen atoms in total. The molecule has 0 aromatic heterocycles. The van der Waals surface area contributed by atoms with Crippen molar-refractivity contribution >= 4 is 17.7 Å². The number of hydrogen-bond donors (Lipinski definition) is 3. The van der Waals surface area contributed by atoms with Gasteiger partial charge in [0.15, 0.2) is 11.5 Å². The van der Waals surface area contributed by atoms with E-state index in [0.29, 0.717) is 36.6 Å². The van der Waals surface area contributed by atoms with Crippen LogP contribution < -0.4 is 30.4 Å². The molecule has 0 saturated heterocycles. The first-order chi connectivity index (χ1) is 16.9. The van der Waals surface area contributed by atoms with Gasteiger partial charge in [0.05, 0.1) is 26.9 Å². The van der Waals surface area contributed by atoms with E-state index in [-0.39, 0.29) is 28.9 Å². The Balaban J connectivity index is 1.46. The van der Waals surface area contributed by atoms with Gasteiger partial charge in [-0.1, -0.05) is 12.1 Å². The number of halogens is 1. The van der Waals surface area contributed by atoms with E-state index in [1.54, 1.807) is 6.07 Å². The molecule has 1 aliphatic rings. The molecule has 0 aliphatic heterocycles. The number of amides is 3. The number of ether oxygens (including phenoxy) is 3. The number of carbonyl (C=O) groups is 3. The topological polar surface area (TPSA) is 115 Å². The van der Waals surface area contributed by atoms with Crippen LogP contribution in [0.25, 0.3) is 0 Å². The van der Waals surface area contributed by atoms with E-state index < -0.39 is 17.6 Å². The summed E-state index contributed by atoms with van der Waals surface area (Å²) in [5, 5.41) is 2.77. The second kappa shape index (κ2) is 12.0. The highest BCUT2D eigenvalue weighted by molar-refractivity contribution is 5.97. The number of rotatable bonds is 8. The molecule has 1 saturated carbocycles. The maximum Gasteiger partial charge on any atom is 0.269 e. The Hall–Kier alpha value is -3.82. The van der Waals surface area contributed by atoms with Gasteiger partial charge in [0.2, 0.25) is 11.7 Å². The fraction of sp³-hybridized carbons (Fsp3) is 0.400. The van der Waals surface area contributed by atoms with Crippen molar-refractivity contribution in [2.75, 3.05) is 27.9 Å². The van der Waals surface area contributed by atoms with Crippen LogP contribution in [0.2, 0.25) is 0 Å². The molecule has 3 rings (SSSR count). The second-order valence-electron chi connectivity index (χ2n) is 8.26. The van der Waals surface area contributed by atoms with Crippen LogP contribution in [0.5, 0.6) is 17.2 Å². The second-order valence-corrected chi connectivity index (χ2v) is 8.26. The number of methoxy groups -OCH3 is 3. The summed E-state index contributed by atoms with van der Waals surface area (Å²) in [4.78, 5) is 37.3. The zero-order valence-electron chi connectivity index (χ0n) is 20.0. The van der Waals surface area contributed by atoms with E-state index in [1.807, 2.05) is 0 Å². The first-order valence-electron chi connectivity index (χ1n) is 11.3. The quantitative estimate of drug-likeness (QED) is 0.494. The van der Waals surface area contributed by atoms with E-state index in [4.69, 9.17) is 14.2 Å². The standard InChI is InChI=1S/C25H30FN3O6/c1-33-20-12-17(13-21(34-2)22(20)35-3)24(31)29-28-23(30)16-10-8-15(9-11-16)14-27-25(32)18-6-4-5-7-19(18)26/h4-7,12-13,15-16H,8-11,14H2,1-3H3,(H,27,32)(H,28,30)(H,29,31). The molecule has 0 heterocycles. The van der Waals surface area contributed by atoms with Gasteiger partial charge in [0.1, 0.15) is 5.82 Å². The predicted molar refractivity (Wildman–Crippen MR) is 126 cm³/mol. The number of benzene rings is 2. The summed E-state index contributed by atoms with van der Waals surface area (Å²) in [6, 6.07) is 8.82. The Morgan fingerprint density at radius 3 is 2.09 bits per heavy atom. The van der Waals surface area contributed by atoms with Crippen LogP contribution in [-0.4, -0.2) is 45.6 Å². The minimum atomic E-state index is -0.557. The zero-order chi connectivity index (χ0) is 25.4. The van der Waals surface area contributed by atoms with Gasteiger partial charge >= 0.3 is 0 Å². The average Bonchev–Trinajstić information content (AvgIpc) is 2.89. The van der Waals surface area contributed by atoms with Crippen molar-refractivity contribution in [1.29, 1.82) is 0 Å². The first-order valence-corrected chi connectivity index (χ1v) is 11.3. The van der Waals surface area contributed by atoms with Gasteiger partial charge in [-0.25, -0.2) is 4.39 Å². The highest BCUT2D eigenvalue weighted by atomic mass is 19.1. The van der Waals surface area contributed by atoms with Crippen LogP contribution in [-0.2, 0) is 4.79 Å². The normalized spacial score (nSPS) is 17.1. The smallest absolute Gasteiger partial charge is 0.269 e. The van der Waals surface area contributed by atoms with Gasteiger partial charge in [-0.2, -0.15) is 0 Å². The van der Waals surface area contributed by atoms with Gasteiger partial charge in [0, 0.05) is 18.0 Å². The zero-order valence-corrected chi connectivity index (χ0v) is 20.0. The fourth-order valence-electron chi connectivity index (χ4n) is 4.11. The SMILES string of the molecule is COc1cc(C(=O)NNC(=O)C2CCC(CNC(=O)c3ccccc3F)CC2)cc(OC)c1OC. The van der Waals surface area contributed by atoms with Crippen LogP contribution >= 0.6 is 0 Å². The molecule has 2 aromatic carbocycles. The van der Waals surface area contributed by atoms with Crippen LogP contribution in [0, 0.1) is 17.7 Å². The Bertz CT molecular complexity index is 1040. The molecule has 0 spiro atoms. The van der Waals surface area contributed by atoms with Crippen molar-refractivity contribution in [3.63, 3.8) is 0 Å². The summed E-state index contributed by atoms with van der Waals surface area (Å²) in [6.45, 7) is 0.416. The molecule has 0 atom stereocenters. The summed E-state index contributed by atoms with van der Waals surface area (Å²) >= 11 is 0. The van der Waals surface area contributed by atoms with E-state index in [9.17, 15) is 18.8 Å². The van der Waals surface area contributed by atoms with Gasteiger partial charge in [-0.15, -0.1) is 0 Å². The Kier molecular flexibility index (Phi) is 8.88. The molecule has 0 bridgehead atoms. The minimum absolute atomic E-state index is 0.0170. The number of carbonyl (C=O) groups excluding carboxylic acids is 3. The number of nitrogens with one attached hydrogen (secondary N) is 3. The Labute approximate surface area is 203 Å². The molecule has 3 N–H and O–H groups in total. The van der Waals surface area contributed by atoms with E-state index in [0.717, 1.165) is 12.8 Å². The lowest BCUT2D eigenvalue weighted by Gasteiger charge is -2.28. The van der Waals surface area contributed by atoms with Crippen molar-refractivity contribution in [2.24, 2.45) is 11.8 Å². The molecule has 0 unspecified atom stereocenters. The molecular weight excluding hydrogens is 457 g/mol. The van der Waals surface area contributed by atoms with E-state index >= 15 is 0 Å². The monoisotopic (exact) mass is 487 g/mol. The fourth-order valence-corrected chi connectivity index (χ4v) is 4.11. The van der Waals surface area contributed by atoms with Crippen molar-refractivity contribution in [3.8, 4) is 17.2 Å². The van der Waals surface area contributed by atoms with Crippen molar-refractivity contribution in [2.45, 2.75) is 25.7 Å². The molecule has 3 amide bonds. The maximum atomic E-state index is 13.7. The highest BCUT2D eigenvalue weighted by Crippen LogP contribution is 2.38. The number of hydrazine groups is 1. The maximum absolute atomic E-state index is 13.7. The molecule has 188 valence electrons. The van der Waals surface area contributed by atoms with Gasteiger partial charge in [-0.3, -0.25) is 25.2 Å². The molecule has 35 heavy (non-hydrogen) atoms. The van der Waals surface area contributed by atoms with Crippen LogP contribution in [0.3, 0.4) is 0 Å². The highest BCUT2D eigenvalue weighted by Gasteiger charge is 2.27. The third-order valence-electron chi connectivity index (χ3n) is 6.11. The predicted octanol–water partition coefficient (Wildman–Crippen LogP) is 2.85. The summed E-state index contributed by atoms with van der Waals surface area (Å²) in [6.07, 6.45) is 2.70. The summed E-state index contributed by atoms with van der Waals surface area (Å²) in [5.41, 5.74) is 5.16. The third-order valence-corrected chi connectivity index (χ3v) is 6.11. The lowest BCUT2D eigenvalue weighted by atomic mass is 9.81. The largest absolute Gasteiger partial charge is 0.493 e.